The highest BCUT2D eigenvalue weighted by Crippen LogP contribution is 2.12. The zero-order valence-corrected chi connectivity index (χ0v) is 9.76. The van der Waals surface area contributed by atoms with Crippen LogP contribution in [0.1, 0.15) is 45.1 Å². The van der Waals surface area contributed by atoms with Gasteiger partial charge in [0.1, 0.15) is 5.82 Å². The van der Waals surface area contributed by atoms with Gasteiger partial charge in [-0.1, -0.05) is 33.6 Å². The predicted octanol–water partition coefficient (Wildman–Crippen LogP) is 3.16. The highest BCUT2D eigenvalue weighted by atomic mass is 19.1. The molecule has 0 spiro atoms. The summed E-state index contributed by atoms with van der Waals surface area (Å²) in [5.74, 6) is 1.06. The van der Waals surface area contributed by atoms with Gasteiger partial charge in [-0.2, -0.15) is 0 Å². The second kappa shape index (κ2) is 5.79. The van der Waals surface area contributed by atoms with Crippen LogP contribution in [0.4, 0.5) is 4.39 Å². The minimum Gasteiger partial charge on any atom is -0.238 e. The molecule has 1 rings (SSSR count). The van der Waals surface area contributed by atoms with E-state index in [2.05, 4.69) is 23.8 Å². The molecule has 0 N–H and O–H groups in total. The summed E-state index contributed by atoms with van der Waals surface area (Å²) in [6, 6.07) is 0. The molecule has 0 amide bonds. The summed E-state index contributed by atoms with van der Waals surface area (Å²) >= 11 is 0. The fourth-order valence-electron chi connectivity index (χ4n) is 1.70. The smallest absolute Gasteiger partial charge is 0.162 e. The maximum Gasteiger partial charge on any atom is 0.162 e. The molecule has 0 bridgehead atoms. The molecule has 1 unspecified atom stereocenters. The average Bonchev–Trinajstić information content (AvgIpc) is 2.21. The van der Waals surface area contributed by atoms with Crippen molar-refractivity contribution in [2.24, 2.45) is 5.92 Å². The van der Waals surface area contributed by atoms with Gasteiger partial charge in [0.05, 0.1) is 11.9 Å². The summed E-state index contributed by atoms with van der Waals surface area (Å²) in [4.78, 5) is 8.25. The van der Waals surface area contributed by atoms with Gasteiger partial charge < -0.3 is 0 Å². The summed E-state index contributed by atoms with van der Waals surface area (Å²) in [6.45, 7) is 6.26. The highest BCUT2D eigenvalue weighted by Gasteiger charge is 2.08. The molecule has 0 radical (unpaired) electrons. The molecule has 0 aliphatic rings. The van der Waals surface area contributed by atoms with Crippen LogP contribution in [0.2, 0.25) is 0 Å². The van der Waals surface area contributed by atoms with Crippen LogP contribution in [0.25, 0.3) is 0 Å². The molecular weight excluding hydrogens is 191 g/mol. The number of hydrogen-bond donors (Lipinski definition) is 0. The lowest BCUT2D eigenvalue weighted by Gasteiger charge is -2.09. The quantitative estimate of drug-likeness (QED) is 0.746. The molecule has 0 aromatic carbocycles. The second-order valence-corrected chi connectivity index (χ2v) is 4.03. The Bertz CT molecular complexity index is 312. The molecule has 1 atom stereocenters. The largest absolute Gasteiger partial charge is 0.238 e. The molecule has 0 aliphatic heterocycles. The maximum atomic E-state index is 13.1. The average molecular weight is 210 g/mol. The van der Waals surface area contributed by atoms with Crippen molar-refractivity contribution in [1.29, 1.82) is 0 Å². The molecule has 0 saturated heterocycles. The van der Waals surface area contributed by atoms with Gasteiger partial charge in [0.25, 0.3) is 0 Å². The summed E-state index contributed by atoms with van der Waals surface area (Å²) < 4.78 is 13.1. The molecule has 1 aromatic heterocycles. The lowest BCUT2D eigenvalue weighted by Crippen LogP contribution is -2.07. The van der Waals surface area contributed by atoms with E-state index in [4.69, 9.17) is 0 Å². The molecular formula is C12H19FN2. The first-order valence-corrected chi connectivity index (χ1v) is 5.67. The fourth-order valence-corrected chi connectivity index (χ4v) is 1.70. The van der Waals surface area contributed by atoms with Gasteiger partial charge >= 0.3 is 0 Å². The van der Waals surface area contributed by atoms with E-state index in [0.29, 0.717) is 18.0 Å². The Morgan fingerprint density at radius 1 is 1.40 bits per heavy atom. The number of rotatable bonds is 5. The lowest BCUT2D eigenvalue weighted by molar-refractivity contribution is 0.502. The normalized spacial score (nSPS) is 12.8. The van der Waals surface area contributed by atoms with E-state index in [-0.39, 0.29) is 5.82 Å². The van der Waals surface area contributed by atoms with Gasteiger partial charge in [-0.3, -0.25) is 0 Å². The number of aryl methyl sites for hydroxylation is 1. The number of halogens is 1. The minimum absolute atomic E-state index is 0.288. The van der Waals surface area contributed by atoms with Gasteiger partial charge in [0.15, 0.2) is 5.82 Å². The topological polar surface area (TPSA) is 25.8 Å². The van der Waals surface area contributed by atoms with E-state index in [1.807, 2.05) is 6.92 Å². The predicted molar refractivity (Wildman–Crippen MR) is 59.1 cm³/mol. The van der Waals surface area contributed by atoms with Crippen LogP contribution >= 0.6 is 0 Å². The van der Waals surface area contributed by atoms with E-state index in [1.165, 1.54) is 19.0 Å². The second-order valence-electron chi connectivity index (χ2n) is 4.03. The SMILES string of the molecule is CCCC(C)Cc1ncc(F)c(CC)n1. The Balaban J connectivity index is 2.69. The number of hydrogen-bond acceptors (Lipinski definition) is 2. The van der Waals surface area contributed by atoms with E-state index in [1.54, 1.807) is 0 Å². The van der Waals surface area contributed by atoms with Crippen LogP contribution in [0.15, 0.2) is 6.20 Å². The van der Waals surface area contributed by atoms with E-state index >= 15 is 0 Å². The molecule has 0 saturated carbocycles. The van der Waals surface area contributed by atoms with Crippen LogP contribution in [-0.4, -0.2) is 9.97 Å². The first kappa shape index (κ1) is 12.1. The van der Waals surface area contributed by atoms with Gasteiger partial charge in [-0.25, -0.2) is 14.4 Å². The van der Waals surface area contributed by atoms with Crippen LogP contribution in [0.3, 0.4) is 0 Å². The van der Waals surface area contributed by atoms with Gasteiger partial charge in [-0.15, -0.1) is 0 Å². The van der Waals surface area contributed by atoms with Crippen molar-refractivity contribution in [3.05, 3.63) is 23.5 Å². The first-order chi connectivity index (χ1) is 7.17. The Kier molecular flexibility index (Phi) is 4.66. The molecule has 2 nitrogen and oxygen atoms in total. The standard InChI is InChI=1S/C12H19FN2/c1-4-6-9(3)7-12-14-8-10(13)11(5-2)15-12/h8-9H,4-7H2,1-3H3. The Morgan fingerprint density at radius 3 is 2.73 bits per heavy atom. The van der Waals surface area contributed by atoms with Crippen molar-refractivity contribution in [2.45, 2.75) is 46.5 Å². The van der Waals surface area contributed by atoms with E-state index in [0.717, 1.165) is 12.2 Å². The van der Waals surface area contributed by atoms with Crippen molar-refractivity contribution in [1.82, 2.24) is 9.97 Å². The molecule has 0 fully saturated rings. The summed E-state index contributed by atoms with van der Waals surface area (Å²) in [5.41, 5.74) is 0.531. The van der Waals surface area contributed by atoms with Crippen molar-refractivity contribution in [2.75, 3.05) is 0 Å². The van der Waals surface area contributed by atoms with Gasteiger partial charge in [-0.05, 0) is 12.3 Å². The van der Waals surface area contributed by atoms with Crippen LogP contribution in [0, 0.1) is 11.7 Å². The zero-order chi connectivity index (χ0) is 11.3. The first-order valence-electron chi connectivity index (χ1n) is 5.67. The third-order valence-corrected chi connectivity index (χ3v) is 2.51. The third-order valence-electron chi connectivity index (χ3n) is 2.51. The lowest BCUT2D eigenvalue weighted by atomic mass is 10.0. The van der Waals surface area contributed by atoms with Gasteiger partial charge in [0, 0.05) is 6.42 Å². The monoisotopic (exact) mass is 210 g/mol. The molecule has 1 heterocycles. The van der Waals surface area contributed by atoms with Crippen LogP contribution in [-0.2, 0) is 12.8 Å². The molecule has 84 valence electrons. The number of nitrogens with zero attached hydrogens (tertiary/aromatic N) is 2. The van der Waals surface area contributed by atoms with E-state index in [9.17, 15) is 4.39 Å². The maximum absolute atomic E-state index is 13.1. The molecule has 1 aromatic rings. The molecule has 3 heteroatoms. The Labute approximate surface area is 91.0 Å². The van der Waals surface area contributed by atoms with Crippen molar-refractivity contribution in [3.8, 4) is 0 Å². The zero-order valence-electron chi connectivity index (χ0n) is 9.76. The highest BCUT2D eigenvalue weighted by molar-refractivity contribution is 5.05. The van der Waals surface area contributed by atoms with Gasteiger partial charge in [0.2, 0.25) is 0 Å². The summed E-state index contributed by atoms with van der Waals surface area (Å²) in [5, 5.41) is 0. The van der Waals surface area contributed by atoms with Crippen molar-refractivity contribution >= 4 is 0 Å². The molecule has 0 aliphatic carbocycles. The Hall–Kier alpha value is -0.990. The van der Waals surface area contributed by atoms with Crippen LogP contribution < -0.4 is 0 Å². The molecule has 15 heavy (non-hydrogen) atoms. The van der Waals surface area contributed by atoms with E-state index < -0.39 is 0 Å². The third kappa shape index (κ3) is 3.57. The van der Waals surface area contributed by atoms with Crippen molar-refractivity contribution < 1.29 is 4.39 Å². The Morgan fingerprint density at radius 2 is 2.13 bits per heavy atom. The van der Waals surface area contributed by atoms with Crippen LogP contribution in [0.5, 0.6) is 0 Å². The van der Waals surface area contributed by atoms with Crippen molar-refractivity contribution in [3.63, 3.8) is 0 Å². The minimum atomic E-state index is -0.288. The summed E-state index contributed by atoms with van der Waals surface area (Å²) in [7, 11) is 0. The number of aromatic nitrogens is 2. The summed E-state index contributed by atoms with van der Waals surface area (Å²) in [6.07, 6.45) is 5.11. The fraction of sp³-hybridized carbons (Fsp3) is 0.667.